The summed E-state index contributed by atoms with van der Waals surface area (Å²) in [5, 5.41) is 0. The Bertz CT molecular complexity index is 375. The highest BCUT2D eigenvalue weighted by atomic mass is 16.1. The second-order valence-electron chi connectivity index (χ2n) is 3.36. The maximum atomic E-state index is 11.5. The summed E-state index contributed by atoms with van der Waals surface area (Å²) in [5.74, 6) is -0.0261. The molecule has 0 aromatic heterocycles. The molecule has 0 aliphatic carbocycles. The second kappa shape index (κ2) is 4.56. The molecule has 0 bridgehead atoms. The molecule has 0 amide bonds. The first-order chi connectivity index (χ1) is 6.65. The maximum absolute atomic E-state index is 11.5. The van der Waals surface area contributed by atoms with Crippen LogP contribution in [0.15, 0.2) is 49.1 Å². The lowest BCUT2D eigenvalue weighted by Gasteiger charge is -2.05. The topological polar surface area (TPSA) is 17.1 Å². The SMILES string of the molecule is C=CC(=O)c1ccccc1CC(=C)C. The van der Waals surface area contributed by atoms with Crippen molar-refractivity contribution >= 4 is 5.78 Å². The molecule has 0 aliphatic heterocycles. The largest absolute Gasteiger partial charge is 0.289 e. The molecule has 14 heavy (non-hydrogen) atoms. The average molecular weight is 186 g/mol. The van der Waals surface area contributed by atoms with Crippen molar-refractivity contribution in [3.05, 3.63) is 60.2 Å². The highest BCUT2D eigenvalue weighted by Gasteiger charge is 2.06. The van der Waals surface area contributed by atoms with Crippen molar-refractivity contribution in [1.82, 2.24) is 0 Å². The van der Waals surface area contributed by atoms with Gasteiger partial charge in [-0.2, -0.15) is 0 Å². The van der Waals surface area contributed by atoms with Crippen molar-refractivity contribution in [3.8, 4) is 0 Å². The number of carbonyl (C=O) groups is 1. The average Bonchev–Trinajstić information content (AvgIpc) is 2.16. The van der Waals surface area contributed by atoms with Gasteiger partial charge in [0.25, 0.3) is 0 Å². The molecule has 1 heteroatoms. The lowest BCUT2D eigenvalue weighted by atomic mass is 9.98. The summed E-state index contributed by atoms with van der Waals surface area (Å²) < 4.78 is 0. The summed E-state index contributed by atoms with van der Waals surface area (Å²) in [6.45, 7) is 9.28. The van der Waals surface area contributed by atoms with E-state index in [0.29, 0.717) is 0 Å². The zero-order valence-electron chi connectivity index (χ0n) is 8.42. The molecule has 0 atom stereocenters. The van der Waals surface area contributed by atoms with Crippen LogP contribution >= 0.6 is 0 Å². The van der Waals surface area contributed by atoms with E-state index < -0.39 is 0 Å². The van der Waals surface area contributed by atoms with Crippen molar-refractivity contribution in [3.63, 3.8) is 0 Å². The minimum absolute atomic E-state index is 0.0261. The highest BCUT2D eigenvalue weighted by Crippen LogP contribution is 2.13. The van der Waals surface area contributed by atoms with Gasteiger partial charge in [0.05, 0.1) is 0 Å². The van der Waals surface area contributed by atoms with Gasteiger partial charge < -0.3 is 0 Å². The molecule has 0 heterocycles. The molecule has 0 aliphatic rings. The summed E-state index contributed by atoms with van der Waals surface area (Å²) in [5.41, 5.74) is 2.80. The zero-order valence-corrected chi connectivity index (χ0v) is 8.42. The summed E-state index contributed by atoms with van der Waals surface area (Å²) >= 11 is 0. The van der Waals surface area contributed by atoms with Crippen LogP contribution < -0.4 is 0 Å². The fourth-order valence-electron chi connectivity index (χ4n) is 1.35. The number of allylic oxidation sites excluding steroid dienone is 2. The van der Waals surface area contributed by atoms with Gasteiger partial charge in [0.1, 0.15) is 0 Å². The molecule has 0 spiro atoms. The van der Waals surface area contributed by atoms with Gasteiger partial charge in [0.2, 0.25) is 0 Å². The Morgan fingerprint density at radius 1 is 1.43 bits per heavy atom. The fraction of sp³-hybridized carbons (Fsp3) is 0.154. The van der Waals surface area contributed by atoms with Crippen LogP contribution in [0.25, 0.3) is 0 Å². The van der Waals surface area contributed by atoms with Crippen LogP contribution in [0.3, 0.4) is 0 Å². The maximum Gasteiger partial charge on any atom is 0.185 e. The van der Waals surface area contributed by atoms with Crippen molar-refractivity contribution in [1.29, 1.82) is 0 Å². The molecule has 72 valence electrons. The first-order valence-corrected chi connectivity index (χ1v) is 4.54. The van der Waals surface area contributed by atoms with Crippen LogP contribution in [0.4, 0.5) is 0 Å². The van der Waals surface area contributed by atoms with Gasteiger partial charge in [-0.15, -0.1) is 0 Å². The van der Waals surface area contributed by atoms with Gasteiger partial charge in [-0.25, -0.2) is 0 Å². The molecule has 1 aromatic carbocycles. The van der Waals surface area contributed by atoms with Crippen LogP contribution in [0.2, 0.25) is 0 Å². The van der Waals surface area contributed by atoms with Crippen molar-refractivity contribution in [2.45, 2.75) is 13.3 Å². The molecule has 1 rings (SSSR count). The third kappa shape index (κ3) is 2.43. The summed E-state index contributed by atoms with van der Waals surface area (Å²) in [4.78, 5) is 11.5. The first-order valence-electron chi connectivity index (χ1n) is 4.54. The van der Waals surface area contributed by atoms with E-state index in [1.54, 1.807) is 0 Å². The van der Waals surface area contributed by atoms with Crippen molar-refractivity contribution in [2.24, 2.45) is 0 Å². The molecular formula is C13H14O. The third-order valence-electron chi connectivity index (χ3n) is 1.96. The summed E-state index contributed by atoms with van der Waals surface area (Å²) in [7, 11) is 0. The molecule has 0 saturated carbocycles. The molecular weight excluding hydrogens is 172 g/mol. The predicted octanol–water partition coefficient (Wildman–Crippen LogP) is 3.17. The molecule has 0 saturated heterocycles. The number of hydrogen-bond donors (Lipinski definition) is 0. The highest BCUT2D eigenvalue weighted by molar-refractivity contribution is 6.05. The first kappa shape index (κ1) is 10.5. The van der Waals surface area contributed by atoms with Gasteiger partial charge >= 0.3 is 0 Å². The smallest absolute Gasteiger partial charge is 0.185 e. The minimum atomic E-state index is -0.0261. The molecule has 0 unspecified atom stereocenters. The van der Waals surface area contributed by atoms with Crippen LogP contribution in [-0.4, -0.2) is 5.78 Å². The lowest BCUT2D eigenvalue weighted by Crippen LogP contribution is -2.00. The monoisotopic (exact) mass is 186 g/mol. The summed E-state index contributed by atoms with van der Waals surface area (Å²) in [6, 6.07) is 7.56. The molecule has 1 aromatic rings. The van der Waals surface area contributed by atoms with Crippen LogP contribution in [0, 0.1) is 0 Å². The van der Waals surface area contributed by atoms with Crippen molar-refractivity contribution < 1.29 is 4.79 Å². The molecule has 0 N–H and O–H groups in total. The van der Waals surface area contributed by atoms with E-state index in [1.165, 1.54) is 6.08 Å². The molecule has 0 radical (unpaired) electrons. The van der Waals surface area contributed by atoms with Gasteiger partial charge in [0, 0.05) is 5.56 Å². The van der Waals surface area contributed by atoms with E-state index in [2.05, 4.69) is 13.2 Å². The van der Waals surface area contributed by atoms with E-state index >= 15 is 0 Å². The van der Waals surface area contributed by atoms with E-state index in [-0.39, 0.29) is 5.78 Å². The Labute approximate surface area is 84.8 Å². The standard InChI is InChI=1S/C13H14O/c1-4-13(14)12-8-6-5-7-11(12)9-10(2)3/h4-8H,1-2,9H2,3H3. The number of carbonyl (C=O) groups excluding carboxylic acids is 1. The van der Waals surface area contributed by atoms with Crippen LogP contribution in [-0.2, 0) is 6.42 Å². The lowest BCUT2D eigenvalue weighted by molar-refractivity contribution is 0.104. The number of ketones is 1. The number of rotatable bonds is 4. The zero-order chi connectivity index (χ0) is 10.6. The Kier molecular flexibility index (Phi) is 3.41. The van der Waals surface area contributed by atoms with E-state index in [9.17, 15) is 4.79 Å². The van der Waals surface area contributed by atoms with Gasteiger partial charge in [-0.1, -0.05) is 43.0 Å². The predicted molar refractivity (Wildman–Crippen MR) is 59.5 cm³/mol. The van der Waals surface area contributed by atoms with Crippen LogP contribution in [0.5, 0.6) is 0 Å². The molecule has 0 fully saturated rings. The second-order valence-corrected chi connectivity index (χ2v) is 3.36. The van der Waals surface area contributed by atoms with E-state index in [1.807, 2.05) is 31.2 Å². The van der Waals surface area contributed by atoms with E-state index in [0.717, 1.165) is 23.1 Å². The van der Waals surface area contributed by atoms with E-state index in [4.69, 9.17) is 0 Å². The number of hydrogen-bond acceptors (Lipinski definition) is 1. The van der Waals surface area contributed by atoms with Gasteiger partial charge in [-0.3, -0.25) is 4.79 Å². The van der Waals surface area contributed by atoms with Gasteiger partial charge in [0.15, 0.2) is 5.78 Å². The van der Waals surface area contributed by atoms with Gasteiger partial charge in [-0.05, 0) is 25.0 Å². The quantitative estimate of drug-likeness (QED) is 0.401. The van der Waals surface area contributed by atoms with Crippen LogP contribution in [0.1, 0.15) is 22.8 Å². The number of benzene rings is 1. The Balaban J connectivity index is 3.08. The summed E-state index contributed by atoms with van der Waals surface area (Å²) in [6.07, 6.45) is 2.09. The Hall–Kier alpha value is -1.63. The van der Waals surface area contributed by atoms with Crippen molar-refractivity contribution in [2.75, 3.05) is 0 Å². The molecule has 1 nitrogen and oxygen atoms in total. The Morgan fingerprint density at radius 2 is 2.07 bits per heavy atom. The third-order valence-corrected chi connectivity index (χ3v) is 1.96. The fourth-order valence-corrected chi connectivity index (χ4v) is 1.35. The minimum Gasteiger partial charge on any atom is -0.289 e. The normalized spacial score (nSPS) is 9.50. The Morgan fingerprint density at radius 3 is 2.64 bits per heavy atom.